The highest BCUT2D eigenvalue weighted by Crippen LogP contribution is 2.31. The molecule has 230 valence electrons. The molecule has 11 nitrogen and oxygen atoms in total. The lowest BCUT2D eigenvalue weighted by atomic mass is 10.0. The molecular weight excluding hydrogens is 605 g/mol. The van der Waals surface area contributed by atoms with Crippen molar-refractivity contribution < 1.29 is 4.39 Å². The van der Waals surface area contributed by atoms with E-state index in [4.69, 9.17) is 21.0 Å². The monoisotopic (exact) mass is 633 g/mol. The predicted octanol–water partition coefficient (Wildman–Crippen LogP) is 5.43. The number of likely N-dealkylation sites (tertiary alicyclic amines) is 1. The van der Waals surface area contributed by atoms with Gasteiger partial charge in [0.2, 0.25) is 5.82 Å². The molecule has 1 aromatic carbocycles. The van der Waals surface area contributed by atoms with E-state index in [1.165, 1.54) is 17.8 Å². The van der Waals surface area contributed by atoms with Crippen molar-refractivity contribution in [2.45, 2.75) is 25.4 Å². The lowest BCUT2D eigenvalue weighted by Crippen LogP contribution is -2.38. The SMILES string of the molecule is Cl.N#Cc1nccc(NC2CCN(Cc3ccc(-n4c(-c5cccnc5N)nc5ccc(-c6ccc(F)cn6)nc54)cc3)CC2)n1. The summed E-state index contributed by atoms with van der Waals surface area (Å²) < 4.78 is 15.5. The number of piperidine rings is 1. The van der Waals surface area contributed by atoms with Crippen molar-refractivity contribution in [3.8, 4) is 34.5 Å². The van der Waals surface area contributed by atoms with Crippen LogP contribution in [0.15, 0.2) is 85.3 Å². The maximum atomic E-state index is 13.5. The zero-order valence-corrected chi connectivity index (χ0v) is 25.4. The molecule has 1 aliphatic heterocycles. The average Bonchev–Trinajstić information content (AvgIpc) is 3.45. The Hall–Kier alpha value is -5.51. The minimum atomic E-state index is -0.405. The maximum absolute atomic E-state index is 13.5. The number of benzene rings is 1. The fourth-order valence-corrected chi connectivity index (χ4v) is 5.61. The second-order valence-electron chi connectivity index (χ2n) is 10.8. The van der Waals surface area contributed by atoms with Crippen LogP contribution in [0.25, 0.3) is 39.6 Å². The summed E-state index contributed by atoms with van der Waals surface area (Å²) in [6.07, 6.45) is 6.37. The van der Waals surface area contributed by atoms with Crippen molar-refractivity contribution >= 4 is 35.2 Å². The summed E-state index contributed by atoms with van der Waals surface area (Å²) >= 11 is 0. The molecule has 0 aliphatic carbocycles. The Morgan fingerprint density at radius 2 is 1.70 bits per heavy atom. The van der Waals surface area contributed by atoms with Crippen molar-refractivity contribution in [2.24, 2.45) is 0 Å². The van der Waals surface area contributed by atoms with Gasteiger partial charge in [0.05, 0.1) is 23.1 Å². The van der Waals surface area contributed by atoms with Crippen LogP contribution in [0.5, 0.6) is 0 Å². The van der Waals surface area contributed by atoms with Gasteiger partial charge in [0.1, 0.15) is 29.0 Å². The van der Waals surface area contributed by atoms with E-state index in [1.807, 2.05) is 34.9 Å². The van der Waals surface area contributed by atoms with E-state index < -0.39 is 5.82 Å². The fraction of sp³-hybridized carbons (Fsp3) is 0.182. The number of halogens is 2. The molecule has 6 aromatic rings. The number of nitrogen functional groups attached to an aromatic ring is 1. The largest absolute Gasteiger partial charge is 0.383 e. The van der Waals surface area contributed by atoms with E-state index in [-0.39, 0.29) is 18.2 Å². The summed E-state index contributed by atoms with van der Waals surface area (Å²) in [6, 6.07) is 22.9. The summed E-state index contributed by atoms with van der Waals surface area (Å²) in [5.41, 5.74) is 11.5. The lowest BCUT2D eigenvalue weighted by Gasteiger charge is -2.32. The normalized spacial score (nSPS) is 13.7. The summed E-state index contributed by atoms with van der Waals surface area (Å²) in [7, 11) is 0. The van der Waals surface area contributed by atoms with Gasteiger partial charge in [-0.05, 0) is 73.0 Å². The van der Waals surface area contributed by atoms with E-state index in [9.17, 15) is 4.39 Å². The quantitative estimate of drug-likeness (QED) is 0.233. The Bertz CT molecular complexity index is 2020. The Labute approximate surface area is 270 Å². The number of hydrogen-bond acceptors (Lipinski definition) is 10. The van der Waals surface area contributed by atoms with Crippen LogP contribution in [0, 0.1) is 17.1 Å². The molecule has 0 saturated carbocycles. The van der Waals surface area contributed by atoms with Crippen LogP contribution in [-0.4, -0.2) is 58.5 Å². The van der Waals surface area contributed by atoms with Crippen molar-refractivity contribution in [3.05, 3.63) is 103 Å². The Kier molecular flexibility index (Phi) is 8.78. The van der Waals surface area contributed by atoms with E-state index in [2.05, 4.69) is 54.4 Å². The third-order valence-electron chi connectivity index (χ3n) is 7.87. The number of nitriles is 1. The minimum absolute atomic E-state index is 0. The number of nitrogens with two attached hydrogens (primary N) is 1. The van der Waals surface area contributed by atoms with Crippen LogP contribution in [0.3, 0.4) is 0 Å². The second kappa shape index (κ2) is 13.2. The first-order valence-corrected chi connectivity index (χ1v) is 14.6. The van der Waals surface area contributed by atoms with Gasteiger partial charge >= 0.3 is 0 Å². The van der Waals surface area contributed by atoms with E-state index >= 15 is 0 Å². The number of nitrogens with zero attached hydrogens (tertiary/aromatic N) is 9. The molecule has 3 N–H and O–H groups in total. The van der Waals surface area contributed by atoms with E-state index in [0.717, 1.165) is 38.2 Å². The first-order valence-electron chi connectivity index (χ1n) is 14.6. The van der Waals surface area contributed by atoms with Crippen molar-refractivity contribution in [1.82, 2.24) is 39.4 Å². The van der Waals surface area contributed by atoms with Gasteiger partial charge in [0, 0.05) is 43.8 Å². The molecule has 0 bridgehead atoms. The number of imidazole rings is 1. The van der Waals surface area contributed by atoms with Gasteiger partial charge in [-0.25, -0.2) is 29.3 Å². The molecule has 13 heteroatoms. The number of aromatic nitrogens is 7. The number of rotatable bonds is 7. The van der Waals surface area contributed by atoms with Gasteiger partial charge in [-0.1, -0.05) is 12.1 Å². The smallest absolute Gasteiger partial charge is 0.234 e. The standard InChI is InChI=1S/C33H28FN11.ClH/c34-22-5-8-26(39-19-22)27-9-10-28-33(41-27)45(32(42-28)25-2-1-14-38-31(25)36)24-6-3-21(4-7-24)20-44-16-12-23(13-17-44)40-29-11-15-37-30(18-35)43-29;/h1-11,14-15,19,23H,12-13,16-17,20H2,(H2,36,38)(H,37,40,43);1H. The zero-order valence-electron chi connectivity index (χ0n) is 24.6. The first kappa shape index (κ1) is 30.5. The van der Waals surface area contributed by atoms with E-state index in [1.54, 1.807) is 24.5 Å². The highest BCUT2D eigenvalue weighted by Gasteiger charge is 2.21. The minimum Gasteiger partial charge on any atom is -0.383 e. The highest BCUT2D eigenvalue weighted by atomic mass is 35.5. The molecule has 1 fully saturated rings. The summed E-state index contributed by atoms with van der Waals surface area (Å²) in [5.74, 6) is 1.44. The topological polar surface area (TPSA) is 147 Å². The van der Waals surface area contributed by atoms with Gasteiger partial charge in [-0.3, -0.25) is 14.5 Å². The third kappa shape index (κ3) is 6.32. The predicted molar refractivity (Wildman–Crippen MR) is 176 cm³/mol. The van der Waals surface area contributed by atoms with Gasteiger partial charge in [0.15, 0.2) is 11.5 Å². The maximum Gasteiger partial charge on any atom is 0.234 e. The summed E-state index contributed by atoms with van der Waals surface area (Å²) in [4.78, 5) is 28.9. The average molecular weight is 634 g/mol. The highest BCUT2D eigenvalue weighted by molar-refractivity contribution is 5.85. The number of anilines is 2. The van der Waals surface area contributed by atoms with Crippen LogP contribution in [0.4, 0.5) is 16.0 Å². The fourth-order valence-electron chi connectivity index (χ4n) is 5.61. The molecule has 7 rings (SSSR count). The molecular formula is C33H29ClFN11. The van der Waals surface area contributed by atoms with Crippen molar-refractivity contribution in [1.29, 1.82) is 5.26 Å². The van der Waals surface area contributed by atoms with Crippen LogP contribution >= 0.6 is 12.4 Å². The van der Waals surface area contributed by atoms with Crippen LogP contribution in [-0.2, 0) is 6.54 Å². The molecule has 6 heterocycles. The molecule has 0 unspecified atom stereocenters. The molecule has 0 radical (unpaired) electrons. The molecule has 0 atom stereocenters. The molecule has 5 aromatic heterocycles. The first-order chi connectivity index (χ1) is 22.0. The number of hydrogen-bond donors (Lipinski definition) is 2. The molecule has 0 spiro atoms. The second-order valence-corrected chi connectivity index (χ2v) is 10.8. The number of pyridine rings is 3. The Balaban J connectivity index is 0.00000372. The molecule has 1 aliphatic rings. The van der Waals surface area contributed by atoms with Crippen molar-refractivity contribution in [3.63, 3.8) is 0 Å². The molecule has 1 saturated heterocycles. The third-order valence-corrected chi connectivity index (χ3v) is 7.87. The van der Waals surface area contributed by atoms with Gasteiger partial charge < -0.3 is 11.1 Å². The summed E-state index contributed by atoms with van der Waals surface area (Å²) in [6.45, 7) is 2.71. The van der Waals surface area contributed by atoms with Gasteiger partial charge in [-0.15, -0.1) is 12.4 Å². The van der Waals surface area contributed by atoms with Crippen molar-refractivity contribution in [2.75, 3.05) is 24.1 Å². The van der Waals surface area contributed by atoms with Crippen LogP contribution in [0.1, 0.15) is 24.2 Å². The molecule has 0 amide bonds. The van der Waals surface area contributed by atoms with Gasteiger partial charge in [-0.2, -0.15) is 5.26 Å². The number of nitrogens with one attached hydrogen (secondary N) is 1. The Morgan fingerprint density at radius 3 is 2.43 bits per heavy atom. The molecule has 46 heavy (non-hydrogen) atoms. The zero-order chi connectivity index (χ0) is 30.8. The lowest BCUT2D eigenvalue weighted by molar-refractivity contribution is 0.211. The van der Waals surface area contributed by atoms with E-state index in [0.29, 0.717) is 51.6 Å². The number of fused-ring (bicyclic) bond motifs is 1. The van der Waals surface area contributed by atoms with Crippen LogP contribution < -0.4 is 11.1 Å². The summed E-state index contributed by atoms with van der Waals surface area (Å²) in [5, 5.41) is 12.5. The van der Waals surface area contributed by atoms with Gasteiger partial charge in [0.25, 0.3) is 0 Å². The Morgan fingerprint density at radius 1 is 0.891 bits per heavy atom. The van der Waals surface area contributed by atoms with Crippen LogP contribution in [0.2, 0.25) is 0 Å².